The third-order valence-electron chi connectivity index (χ3n) is 4.60. The fraction of sp³-hybridized carbons (Fsp3) is 0.286. The number of rotatable bonds is 5. The summed E-state index contributed by atoms with van der Waals surface area (Å²) < 4.78 is 0. The summed E-state index contributed by atoms with van der Waals surface area (Å²) in [5.74, 6) is 0. The average molecular weight is 350 g/mol. The molecule has 4 rings (SSSR count). The molecule has 1 unspecified atom stereocenters. The summed E-state index contributed by atoms with van der Waals surface area (Å²) >= 11 is 1.81. The van der Waals surface area contributed by atoms with Crippen molar-refractivity contribution in [2.24, 2.45) is 0 Å². The van der Waals surface area contributed by atoms with E-state index in [2.05, 4.69) is 69.8 Å². The lowest BCUT2D eigenvalue weighted by Gasteiger charge is -2.33. The van der Waals surface area contributed by atoms with Crippen LogP contribution in [0, 0.1) is 0 Å². The third kappa shape index (κ3) is 4.27. The molecule has 2 heterocycles. The van der Waals surface area contributed by atoms with Gasteiger partial charge >= 0.3 is 0 Å². The van der Waals surface area contributed by atoms with Crippen LogP contribution in [0.3, 0.4) is 0 Å². The largest absolute Gasteiger partial charge is 0.381 e. The van der Waals surface area contributed by atoms with Crippen LogP contribution in [-0.4, -0.2) is 29.0 Å². The highest BCUT2D eigenvalue weighted by atomic mass is 32.1. The van der Waals surface area contributed by atoms with Gasteiger partial charge in [-0.15, -0.1) is 11.3 Å². The van der Waals surface area contributed by atoms with Gasteiger partial charge in [-0.3, -0.25) is 4.90 Å². The minimum absolute atomic E-state index is 0.526. The van der Waals surface area contributed by atoms with Crippen molar-refractivity contribution < 1.29 is 0 Å². The zero-order chi connectivity index (χ0) is 16.9. The van der Waals surface area contributed by atoms with Crippen LogP contribution >= 0.6 is 11.3 Å². The molecule has 128 valence electrons. The first kappa shape index (κ1) is 16.3. The first-order valence-electron chi connectivity index (χ1n) is 8.91. The summed E-state index contributed by atoms with van der Waals surface area (Å²) in [6.45, 7) is 3.26. The summed E-state index contributed by atoms with van der Waals surface area (Å²) in [5.41, 5.74) is 2.43. The molecular weight excluding hydrogens is 326 g/mol. The molecule has 0 aliphatic carbocycles. The predicted molar refractivity (Wildman–Crippen MR) is 106 cm³/mol. The molecule has 1 aromatic heterocycles. The van der Waals surface area contributed by atoms with Crippen molar-refractivity contribution in [1.29, 1.82) is 0 Å². The summed E-state index contributed by atoms with van der Waals surface area (Å²) in [5, 5.41) is 4.79. The molecule has 3 aromatic rings. The fourth-order valence-corrected chi connectivity index (χ4v) is 4.36. The summed E-state index contributed by atoms with van der Waals surface area (Å²) in [4.78, 5) is 8.51. The molecule has 3 nitrogen and oxygen atoms in total. The molecule has 0 bridgehead atoms. The molecular formula is C21H23N3S. The lowest BCUT2D eigenvalue weighted by Crippen LogP contribution is -2.41. The Morgan fingerprint density at radius 1 is 1.04 bits per heavy atom. The molecule has 1 N–H and O–H groups in total. The Morgan fingerprint density at radius 3 is 2.60 bits per heavy atom. The zero-order valence-corrected chi connectivity index (χ0v) is 15.1. The van der Waals surface area contributed by atoms with Crippen molar-refractivity contribution in [2.45, 2.75) is 25.4 Å². The van der Waals surface area contributed by atoms with Gasteiger partial charge in [0.25, 0.3) is 0 Å². The van der Waals surface area contributed by atoms with E-state index in [0.29, 0.717) is 6.04 Å². The van der Waals surface area contributed by atoms with Crippen molar-refractivity contribution in [1.82, 2.24) is 9.88 Å². The van der Waals surface area contributed by atoms with E-state index >= 15 is 0 Å². The van der Waals surface area contributed by atoms with E-state index in [-0.39, 0.29) is 0 Å². The fourth-order valence-electron chi connectivity index (χ4n) is 3.40. The second kappa shape index (κ2) is 7.81. The van der Waals surface area contributed by atoms with Gasteiger partial charge in [0.1, 0.15) is 5.01 Å². The standard InChI is InChI=1S/C21H23N3S/c1-3-8-17(9-4-1)21-22-14-20(25-21)16-24-13-7-12-19(15-24)23-18-10-5-2-6-11-18/h1-6,8-11,14,19,23H,7,12-13,15-16H2. The molecule has 25 heavy (non-hydrogen) atoms. The summed E-state index contributed by atoms with van der Waals surface area (Å²) in [6.07, 6.45) is 4.53. The number of nitrogens with zero attached hydrogens (tertiary/aromatic N) is 2. The van der Waals surface area contributed by atoms with Gasteiger partial charge in [-0.25, -0.2) is 4.98 Å². The van der Waals surface area contributed by atoms with E-state index in [1.165, 1.54) is 35.5 Å². The van der Waals surface area contributed by atoms with Gasteiger partial charge in [-0.05, 0) is 31.5 Å². The van der Waals surface area contributed by atoms with Crippen LogP contribution in [0.2, 0.25) is 0 Å². The van der Waals surface area contributed by atoms with Crippen molar-refractivity contribution in [2.75, 3.05) is 18.4 Å². The number of likely N-dealkylation sites (tertiary alicyclic amines) is 1. The molecule has 1 aliphatic heterocycles. The van der Waals surface area contributed by atoms with Gasteiger partial charge in [0.15, 0.2) is 0 Å². The van der Waals surface area contributed by atoms with E-state index in [9.17, 15) is 0 Å². The van der Waals surface area contributed by atoms with Crippen LogP contribution in [0.15, 0.2) is 66.9 Å². The Labute approximate surface area is 153 Å². The lowest BCUT2D eigenvalue weighted by atomic mass is 10.1. The van der Waals surface area contributed by atoms with Gasteiger partial charge in [-0.1, -0.05) is 48.5 Å². The number of anilines is 1. The molecule has 0 saturated carbocycles. The Hall–Kier alpha value is -2.17. The van der Waals surface area contributed by atoms with E-state index in [1.807, 2.05) is 23.6 Å². The van der Waals surface area contributed by atoms with E-state index in [1.54, 1.807) is 0 Å². The van der Waals surface area contributed by atoms with Crippen LogP contribution in [0.5, 0.6) is 0 Å². The van der Waals surface area contributed by atoms with E-state index < -0.39 is 0 Å². The number of para-hydroxylation sites is 1. The smallest absolute Gasteiger partial charge is 0.123 e. The molecule has 0 spiro atoms. The summed E-state index contributed by atoms with van der Waals surface area (Å²) in [6, 6.07) is 21.5. The normalized spacial score (nSPS) is 18.2. The molecule has 0 amide bonds. The van der Waals surface area contributed by atoms with Crippen LogP contribution in [0.25, 0.3) is 10.6 Å². The van der Waals surface area contributed by atoms with Crippen LogP contribution in [-0.2, 0) is 6.54 Å². The molecule has 4 heteroatoms. The SMILES string of the molecule is c1ccc(NC2CCCN(Cc3cnc(-c4ccccc4)s3)C2)cc1. The minimum Gasteiger partial charge on any atom is -0.381 e. The van der Waals surface area contributed by atoms with Crippen molar-refractivity contribution in [3.05, 3.63) is 71.7 Å². The molecule has 1 fully saturated rings. The topological polar surface area (TPSA) is 28.2 Å². The molecule has 1 saturated heterocycles. The minimum atomic E-state index is 0.526. The molecule has 2 aromatic carbocycles. The molecule has 1 atom stereocenters. The first-order chi connectivity index (χ1) is 12.4. The average Bonchev–Trinajstić information content (AvgIpc) is 3.12. The number of hydrogen-bond donors (Lipinski definition) is 1. The van der Waals surface area contributed by atoms with Crippen molar-refractivity contribution in [3.63, 3.8) is 0 Å². The number of nitrogens with one attached hydrogen (secondary N) is 1. The summed E-state index contributed by atoms with van der Waals surface area (Å²) in [7, 11) is 0. The van der Waals surface area contributed by atoms with Crippen LogP contribution < -0.4 is 5.32 Å². The third-order valence-corrected chi connectivity index (χ3v) is 5.63. The van der Waals surface area contributed by atoms with Gasteiger partial charge in [-0.2, -0.15) is 0 Å². The highest BCUT2D eigenvalue weighted by Crippen LogP contribution is 2.26. The van der Waals surface area contributed by atoms with E-state index in [4.69, 9.17) is 0 Å². The van der Waals surface area contributed by atoms with Gasteiger partial charge in [0.2, 0.25) is 0 Å². The quantitative estimate of drug-likeness (QED) is 0.711. The highest BCUT2D eigenvalue weighted by Gasteiger charge is 2.20. The van der Waals surface area contributed by atoms with Crippen molar-refractivity contribution in [3.8, 4) is 10.6 Å². The monoisotopic (exact) mass is 349 g/mol. The Kier molecular flexibility index (Phi) is 5.09. The van der Waals surface area contributed by atoms with Crippen LogP contribution in [0.1, 0.15) is 17.7 Å². The molecule has 1 aliphatic rings. The second-order valence-corrected chi connectivity index (χ2v) is 7.70. The lowest BCUT2D eigenvalue weighted by molar-refractivity contribution is 0.210. The number of benzene rings is 2. The van der Waals surface area contributed by atoms with Crippen LogP contribution in [0.4, 0.5) is 5.69 Å². The van der Waals surface area contributed by atoms with Gasteiger partial charge in [0, 0.05) is 41.5 Å². The Morgan fingerprint density at radius 2 is 1.80 bits per heavy atom. The maximum Gasteiger partial charge on any atom is 0.123 e. The number of piperidine rings is 1. The number of thiazole rings is 1. The maximum absolute atomic E-state index is 4.61. The number of hydrogen-bond acceptors (Lipinski definition) is 4. The van der Waals surface area contributed by atoms with Crippen molar-refractivity contribution >= 4 is 17.0 Å². The number of aromatic nitrogens is 1. The van der Waals surface area contributed by atoms with Gasteiger partial charge < -0.3 is 5.32 Å². The predicted octanol–water partition coefficient (Wildman–Crippen LogP) is 4.89. The van der Waals surface area contributed by atoms with E-state index in [0.717, 1.165) is 18.1 Å². The first-order valence-corrected chi connectivity index (χ1v) is 9.72. The Balaban J connectivity index is 1.37. The second-order valence-electron chi connectivity index (χ2n) is 6.58. The maximum atomic E-state index is 4.61. The Bertz CT molecular complexity index is 785. The highest BCUT2D eigenvalue weighted by molar-refractivity contribution is 7.15. The van der Waals surface area contributed by atoms with Gasteiger partial charge in [0.05, 0.1) is 0 Å². The molecule has 0 radical (unpaired) electrons. The zero-order valence-electron chi connectivity index (χ0n) is 14.3.